The highest BCUT2D eigenvalue weighted by Gasteiger charge is 1.99. The Kier molecular flexibility index (Phi) is 2.86. The number of nitrogen functional groups attached to an aromatic ring is 1. The van der Waals surface area contributed by atoms with E-state index in [4.69, 9.17) is 5.73 Å². The molecule has 80 valence electrons. The highest BCUT2D eigenvalue weighted by molar-refractivity contribution is 7.13. The lowest BCUT2D eigenvalue weighted by Crippen LogP contribution is -2.06. The van der Waals surface area contributed by atoms with E-state index in [2.05, 4.69) is 15.4 Å². The molecule has 0 atom stereocenters. The summed E-state index contributed by atoms with van der Waals surface area (Å²) < 4.78 is 1.77. The third-order valence-electron chi connectivity index (χ3n) is 1.97. The van der Waals surface area contributed by atoms with Gasteiger partial charge in [-0.1, -0.05) is 0 Å². The van der Waals surface area contributed by atoms with E-state index in [1.807, 2.05) is 24.7 Å². The fourth-order valence-electron chi connectivity index (χ4n) is 1.27. The summed E-state index contributed by atoms with van der Waals surface area (Å²) in [6, 6.07) is 1.94. The van der Waals surface area contributed by atoms with Crippen LogP contribution in [0.3, 0.4) is 0 Å². The highest BCUT2D eigenvalue weighted by Crippen LogP contribution is 2.11. The summed E-state index contributed by atoms with van der Waals surface area (Å²) in [5.41, 5.74) is 6.56. The van der Waals surface area contributed by atoms with Crippen LogP contribution in [0.25, 0.3) is 0 Å². The minimum absolute atomic E-state index is 0.628. The van der Waals surface area contributed by atoms with Crippen LogP contribution in [-0.4, -0.2) is 21.3 Å². The van der Waals surface area contributed by atoms with E-state index in [-0.39, 0.29) is 0 Å². The lowest BCUT2D eigenvalue weighted by Gasteiger charge is -1.99. The summed E-state index contributed by atoms with van der Waals surface area (Å²) >= 11 is 1.47. The summed E-state index contributed by atoms with van der Waals surface area (Å²) in [7, 11) is 1.90. The maximum Gasteiger partial charge on any atom is 0.180 e. The second-order valence-corrected chi connectivity index (χ2v) is 4.12. The van der Waals surface area contributed by atoms with Crippen molar-refractivity contribution in [2.45, 2.75) is 6.42 Å². The molecule has 2 aromatic heterocycles. The van der Waals surface area contributed by atoms with Crippen LogP contribution in [0.2, 0.25) is 0 Å². The number of nitrogens with two attached hydrogens (primary N) is 1. The van der Waals surface area contributed by atoms with Crippen LogP contribution < -0.4 is 11.1 Å². The minimum atomic E-state index is 0.628. The zero-order valence-corrected chi connectivity index (χ0v) is 9.29. The third kappa shape index (κ3) is 2.69. The van der Waals surface area contributed by atoms with Gasteiger partial charge in [0.15, 0.2) is 5.13 Å². The molecular weight excluding hydrogens is 210 g/mol. The maximum absolute atomic E-state index is 5.54. The molecule has 0 spiro atoms. The minimum Gasteiger partial charge on any atom is -0.375 e. The number of nitrogens with zero attached hydrogens (tertiary/aromatic N) is 3. The van der Waals surface area contributed by atoms with Gasteiger partial charge in [-0.3, -0.25) is 4.68 Å². The summed E-state index contributed by atoms with van der Waals surface area (Å²) in [6.45, 7) is 0.820. The Morgan fingerprint density at radius 2 is 2.47 bits per heavy atom. The molecule has 3 N–H and O–H groups in total. The van der Waals surface area contributed by atoms with Gasteiger partial charge in [0, 0.05) is 37.7 Å². The van der Waals surface area contributed by atoms with Gasteiger partial charge in [-0.05, 0) is 0 Å². The van der Waals surface area contributed by atoms with Crippen LogP contribution in [0, 0.1) is 0 Å². The van der Waals surface area contributed by atoms with Gasteiger partial charge in [0.25, 0.3) is 0 Å². The summed E-state index contributed by atoms with van der Waals surface area (Å²) in [4.78, 5) is 4.18. The molecular formula is C9H13N5S. The molecule has 2 rings (SSSR count). The number of anilines is 2. The summed E-state index contributed by atoms with van der Waals surface area (Å²) in [6.07, 6.45) is 2.77. The second kappa shape index (κ2) is 4.31. The summed E-state index contributed by atoms with van der Waals surface area (Å²) in [5.74, 6) is 0.890. The van der Waals surface area contributed by atoms with Gasteiger partial charge < -0.3 is 11.1 Å². The van der Waals surface area contributed by atoms with E-state index in [1.54, 1.807) is 4.68 Å². The molecule has 2 heterocycles. The number of hydrogen-bond acceptors (Lipinski definition) is 5. The zero-order valence-electron chi connectivity index (χ0n) is 8.47. The van der Waals surface area contributed by atoms with E-state index in [0.717, 1.165) is 24.5 Å². The second-order valence-electron chi connectivity index (χ2n) is 3.23. The molecule has 0 unspecified atom stereocenters. The molecule has 0 aliphatic heterocycles. The molecule has 0 aromatic carbocycles. The number of rotatable bonds is 4. The van der Waals surface area contributed by atoms with Gasteiger partial charge in [-0.15, -0.1) is 11.3 Å². The first kappa shape index (κ1) is 9.97. The van der Waals surface area contributed by atoms with E-state index >= 15 is 0 Å². The van der Waals surface area contributed by atoms with Gasteiger partial charge in [0.1, 0.15) is 5.82 Å². The fourth-order valence-corrected chi connectivity index (χ4v) is 1.86. The Bertz CT molecular complexity index is 393. The van der Waals surface area contributed by atoms with Gasteiger partial charge in [0.2, 0.25) is 0 Å². The van der Waals surface area contributed by atoms with Crippen molar-refractivity contribution in [2.24, 2.45) is 7.05 Å². The maximum atomic E-state index is 5.54. The molecule has 0 aliphatic carbocycles. The Labute approximate surface area is 91.9 Å². The Hall–Kier alpha value is -1.56. The van der Waals surface area contributed by atoms with Crippen LogP contribution in [0.1, 0.15) is 5.69 Å². The van der Waals surface area contributed by atoms with Crippen molar-refractivity contribution in [3.8, 4) is 0 Å². The van der Waals surface area contributed by atoms with E-state index in [1.165, 1.54) is 11.3 Å². The highest BCUT2D eigenvalue weighted by atomic mass is 32.1. The Morgan fingerprint density at radius 1 is 1.60 bits per heavy atom. The molecule has 0 bridgehead atoms. The topological polar surface area (TPSA) is 68.8 Å². The van der Waals surface area contributed by atoms with E-state index in [9.17, 15) is 0 Å². The predicted molar refractivity (Wildman–Crippen MR) is 61.9 cm³/mol. The first-order valence-corrected chi connectivity index (χ1v) is 5.55. The number of nitrogens with one attached hydrogen (secondary N) is 1. The average Bonchev–Trinajstić information content (AvgIpc) is 2.76. The molecule has 0 amide bonds. The predicted octanol–water partition coefficient (Wildman–Crippen LogP) is 1.11. The quantitative estimate of drug-likeness (QED) is 0.814. The van der Waals surface area contributed by atoms with Crippen molar-refractivity contribution in [1.82, 2.24) is 14.8 Å². The van der Waals surface area contributed by atoms with Crippen LogP contribution in [0.5, 0.6) is 0 Å². The molecule has 2 aromatic rings. The third-order valence-corrected chi connectivity index (χ3v) is 2.69. The van der Waals surface area contributed by atoms with Crippen molar-refractivity contribution in [3.05, 3.63) is 23.3 Å². The molecule has 0 saturated heterocycles. The van der Waals surface area contributed by atoms with E-state index in [0.29, 0.717) is 5.13 Å². The van der Waals surface area contributed by atoms with Gasteiger partial charge >= 0.3 is 0 Å². The first-order valence-electron chi connectivity index (χ1n) is 4.67. The van der Waals surface area contributed by atoms with Crippen LogP contribution in [0.4, 0.5) is 10.9 Å². The Morgan fingerprint density at radius 3 is 3.07 bits per heavy atom. The zero-order chi connectivity index (χ0) is 10.7. The molecule has 5 nitrogen and oxygen atoms in total. The van der Waals surface area contributed by atoms with Crippen molar-refractivity contribution < 1.29 is 0 Å². The fraction of sp³-hybridized carbons (Fsp3) is 0.333. The average molecular weight is 223 g/mol. The van der Waals surface area contributed by atoms with Crippen LogP contribution in [0.15, 0.2) is 17.6 Å². The van der Waals surface area contributed by atoms with Crippen molar-refractivity contribution in [2.75, 3.05) is 17.6 Å². The number of hydrogen-bond donors (Lipinski definition) is 2. The van der Waals surface area contributed by atoms with Crippen molar-refractivity contribution >= 4 is 22.3 Å². The molecule has 15 heavy (non-hydrogen) atoms. The molecule has 0 fully saturated rings. The normalized spacial score (nSPS) is 10.5. The summed E-state index contributed by atoms with van der Waals surface area (Å²) in [5, 5.41) is 10.0. The number of aryl methyl sites for hydroxylation is 1. The van der Waals surface area contributed by atoms with E-state index < -0.39 is 0 Å². The van der Waals surface area contributed by atoms with Gasteiger partial charge in [-0.25, -0.2) is 4.98 Å². The van der Waals surface area contributed by atoms with Crippen molar-refractivity contribution in [1.29, 1.82) is 0 Å². The smallest absolute Gasteiger partial charge is 0.180 e. The monoisotopic (exact) mass is 223 g/mol. The first-order chi connectivity index (χ1) is 7.24. The molecule has 0 saturated carbocycles. The van der Waals surface area contributed by atoms with Crippen LogP contribution in [-0.2, 0) is 13.5 Å². The van der Waals surface area contributed by atoms with Crippen molar-refractivity contribution in [3.63, 3.8) is 0 Å². The Balaban J connectivity index is 1.80. The van der Waals surface area contributed by atoms with Gasteiger partial charge in [0.05, 0.1) is 5.69 Å². The number of aromatic nitrogens is 3. The lowest BCUT2D eigenvalue weighted by molar-refractivity contribution is 0.767. The largest absolute Gasteiger partial charge is 0.375 e. The van der Waals surface area contributed by atoms with Crippen LogP contribution >= 0.6 is 11.3 Å². The molecule has 0 aliphatic rings. The van der Waals surface area contributed by atoms with Gasteiger partial charge in [-0.2, -0.15) is 5.10 Å². The lowest BCUT2D eigenvalue weighted by atomic mass is 10.3. The number of thiazole rings is 1. The molecule has 6 heteroatoms. The molecule has 0 radical (unpaired) electrons. The SMILES string of the molecule is Cn1ccc(NCCc2csc(N)n2)n1. The standard InChI is InChI=1S/C9H13N5S/c1-14-5-3-8(13-14)11-4-2-7-6-15-9(10)12-7/h3,5-6H,2,4H2,1H3,(H2,10,12)(H,11,13).